The minimum absolute atomic E-state index is 0.672. The molecule has 1 N–H and O–H groups in total. The Labute approximate surface area is 107 Å². The second-order valence-corrected chi connectivity index (χ2v) is 5.52. The monoisotopic (exact) mass is 245 g/mol. The van der Waals surface area contributed by atoms with E-state index in [0.717, 1.165) is 49.9 Å². The summed E-state index contributed by atoms with van der Waals surface area (Å²) >= 11 is 0. The molecule has 0 radical (unpaired) electrons. The summed E-state index contributed by atoms with van der Waals surface area (Å²) in [5, 5.41) is 9.82. The van der Waals surface area contributed by atoms with E-state index in [1.807, 2.05) is 6.92 Å². The molecule has 1 aromatic rings. The van der Waals surface area contributed by atoms with Crippen molar-refractivity contribution in [2.45, 2.75) is 38.1 Å². The van der Waals surface area contributed by atoms with Crippen LogP contribution in [0, 0.1) is 6.92 Å². The number of nitrogens with zero attached hydrogens (tertiary/aromatic N) is 1. The second-order valence-electron chi connectivity index (χ2n) is 5.52. The number of aryl methyl sites for hydroxylation is 2. The third kappa shape index (κ3) is 1.50. The van der Waals surface area contributed by atoms with Gasteiger partial charge in [0.15, 0.2) is 0 Å². The van der Waals surface area contributed by atoms with E-state index in [-0.39, 0.29) is 0 Å². The first-order valence-electron chi connectivity index (χ1n) is 6.73. The highest BCUT2D eigenvalue weighted by atomic mass is 16.4. The number of hydrogen-bond acceptors (Lipinski definition) is 2. The third-order valence-electron chi connectivity index (χ3n) is 4.47. The van der Waals surface area contributed by atoms with Crippen molar-refractivity contribution in [3.8, 4) is 0 Å². The predicted octanol–water partition coefficient (Wildman–Crippen LogP) is 2.32. The minimum atomic E-state index is -0.752. The fourth-order valence-electron chi connectivity index (χ4n) is 3.53. The lowest BCUT2D eigenvalue weighted by Gasteiger charge is -2.35. The topological polar surface area (TPSA) is 40.5 Å². The largest absolute Gasteiger partial charge is 0.480 e. The van der Waals surface area contributed by atoms with Crippen molar-refractivity contribution in [2.75, 3.05) is 13.1 Å². The molecule has 0 amide bonds. The number of carbonyl (C=O) groups is 1. The van der Waals surface area contributed by atoms with Gasteiger partial charge in [-0.25, -0.2) is 4.79 Å². The Balaban J connectivity index is 2.13. The Morgan fingerprint density at radius 3 is 2.72 bits per heavy atom. The molecule has 1 unspecified atom stereocenters. The number of benzene rings is 1. The Kier molecular flexibility index (Phi) is 2.67. The summed E-state index contributed by atoms with van der Waals surface area (Å²) in [6.45, 7) is 3.87. The van der Waals surface area contributed by atoms with Gasteiger partial charge in [-0.3, -0.25) is 4.90 Å². The zero-order valence-corrected chi connectivity index (χ0v) is 10.8. The standard InChI is InChI=1S/C15H19NO2/c1-11-4-5-12-6-7-15(14(17)18,13(12)10-11)16-8-2-3-9-16/h4-5,10H,2-3,6-9H2,1H3,(H,17,18). The van der Waals surface area contributed by atoms with Gasteiger partial charge in [-0.05, 0) is 56.8 Å². The summed E-state index contributed by atoms with van der Waals surface area (Å²) in [6, 6.07) is 6.26. The van der Waals surface area contributed by atoms with Crippen LogP contribution >= 0.6 is 0 Å². The van der Waals surface area contributed by atoms with Gasteiger partial charge in [0, 0.05) is 0 Å². The van der Waals surface area contributed by atoms with Crippen LogP contribution in [0.25, 0.3) is 0 Å². The number of likely N-dealkylation sites (tertiary alicyclic amines) is 1. The molecule has 3 rings (SSSR count). The molecule has 1 aliphatic carbocycles. The van der Waals surface area contributed by atoms with Crippen molar-refractivity contribution in [1.29, 1.82) is 0 Å². The molecule has 0 saturated carbocycles. The summed E-state index contributed by atoms with van der Waals surface area (Å²) in [5.74, 6) is -0.672. The number of aliphatic carboxylic acids is 1. The lowest BCUT2D eigenvalue weighted by molar-refractivity contribution is -0.151. The lowest BCUT2D eigenvalue weighted by atomic mass is 9.89. The first kappa shape index (κ1) is 11.7. The predicted molar refractivity (Wildman–Crippen MR) is 69.6 cm³/mol. The van der Waals surface area contributed by atoms with Crippen molar-refractivity contribution >= 4 is 5.97 Å². The van der Waals surface area contributed by atoms with Crippen molar-refractivity contribution < 1.29 is 9.90 Å². The Morgan fingerprint density at radius 2 is 2.06 bits per heavy atom. The Hall–Kier alpha value is -1.35. The Bertz CT molecular complexity index is 491. The van der Waals surface area contributed by atoms with Crippen LogP contribution < -0.4 is 0 Å². The van der Waals surface area contributed by atoms with Gasteiger partial charge in [0.05, 0.1) is 0 Å². The number of carboxylic acid groups (broad SMARTS) is 1. The van der Waals surface area contributed by atoms with Gasteiger partial charge in [-0.2, -0.15) is 0 Å². The smallest absolute Gasteiger partial charge is 0.328 e. The Morgan fingerprint density at radius 1 is 1.33 bits per heavy atom. The van der Waals surface area contributed by atoms with Crippen LogP contribution in [-0.2, 0) is 16.8 Å². The normalized spacial score (nSPS) is 27.4. The van der Waals surface area contributed by atoms with Crippen LogP contribution in [-0.4, -0.2) is 29.1 Å². The van der Waals surface area contributed by atoms with Crippen LogP contribution in [0.15, 0.2) is 18.2 Å². The minimum Gasteiger partial charge on any atom is -0.480 e. The zero-order valence-electron chi connectivity index (χ0n) is 10.8. The van der Waals surface area contributed by atoms with Gasteiger partial charge in [0.2, 0.25) is 0 Å². The summed E-state index contributed by atoms with van der Waals surface area (Å²) in [6.07, 6.45) is 3.85. The number of carboxylic acids is 1. The van der Waals surface area contributed by atoms with E-state index < -0.39 is 11.5 Å². The van der Waals surface area contributed by atoms with Crippen LogP contribution in [0.3, 0.4) is 0 Å². The molecule has 0 spiro atoms. The summed E-state index contributed by atoms with van der Waals surface area (Å²) in [7, 11) is 0. The van der Waals surface area contributed by atoms with Crippen molar-refractivity contribution in [1.82, 2.24) is 4.90 Å². The zero-order chi connectivity index (χ0) is 12.8. The quantitative estimate of drug-likeness (QED) is 0.869. The van der Waals surface area contributed by atoms with Gasteiger partial charge >= 0.3 is 5.97 Å². The molecule has 0 bridgehead atoms. The summed E-state index contributed by atoms with van der Waals surface area (Å²) in [4.78, 5) is 14.1. The third-order valence-corrected chi connectivity index (χ3v) is 4.47. The maximum Gasteiger partial charge on any atom is 0.328 e. The van der Waals surface area contributed by atoms with E-state index in [0.29, 0.717) is 0 Å². The van der Waals surface area contributed by atoms with Crippen molar-refractivity contribution in [2.24, 2.45) is 0 Å². The summed E-state index contributed by atoms with van der Waals surface area (Å²) in [5.41, 5.74) is 2.66. The fraction of sp³-hybridized carbons (Fsp3) is 0.533. The van der Waals surface area contributed by atoms with Crippen LogP contribution in [0.1, 0.15) is 36.0 Å². The number of rotatable bonds is 2. The molecule has 1 heterocycles. The van der Waals surface area contributed by atoms with Gasteiger partial charge in [0.1, 0.15) is 5.54 Å². The number of hydrogen-bond donors (Lipinski definition) is 1. The van der Waals surface area contributed by atoms with Crippen LogP contribution in [0.2, 0.25) is 0 Å². The molecule has 96 valence electrons. The van der Waals surface area contributed by atoms with E-state index in [2.05, 4.69) is 23.1 Å². The second kappa shape index (κ2) is 4.09. The molecule has 18 heavy (non-hydrogen) atoms. The van der Waals surface area contributed by atoms with Gasteiger partial charge in [0.25, 0.3) is 0 Å². The molecular weight excluding hydrogens is 226 g/mol. The highest BCUT2D eigenvalue weighted by Gasteiger charge is 2.50. The molecule has 1 aliphatic heterocycles. The van der Waals surface area contributed by atoms with E-state index in [4.69, 9.17) is 0 Å². The maximum absolute atomic E-state index is 11.9. The average molecular weight is 245 g/mol. The molecule has 3 nitrogen and oxygen atoms in total. The van der Waals surface area contributed by atoms with Crippen molar-refractivity contribution in [3.63, 3.8) is 0 Å². The molecule has 2 aliphatic rings. The molecule has 1 fully saturated rings. The van der Waals surface area contributed by atoms with E-state index >= 15 is 0 Å². The molecule has 1 aromatic carbocycles. The highest BCUT2D eigenvalue weighted by molar-refractivity contribution is 5.82. The summed E-state index contributed by atoms with van der Waals surface area (Å²) < 4.78 is 0. The first-order valence-corrected chi connectivity index (χ1v) is 6.73. The molecular formula is C15H19NO2. The van der Waals surface area contributed by atoms with E-state index in [1.54, 1.807) is 0 Å². The first-order chi connectivity index (χ1) is 8.64. The maximum atomic E-state index is 11.9. The SMILES string of the molecule is Cc1ccc2c(c1)C(C(=O)O)(N1CCCC1)CC2. The highest BCUT2D eigenvalue weighted by Crippen LogP contribution is 2.43. The van der Waals surface area contributed by atoms with E-state index in [1.165, 1.54) is 5.56 Å². The average Bonchev–Trinajstić information content (AvgIpc) is 2.94. The fourth-order valence-corrected chi connectivity index (χ4v) is 3.53. The van der Waals surface area contributed by atoms with Gasteiger partial charge in [-0.1, -0.05) is 23.8 Å². The molecule has 0 aromatic heterocycles. The van der Waals surface area contributed by atoms with Crippen molar-refractivity contribution in [3.05, 3.63) is 34.9 Å². The van der Waals surface area contributed by atoms with E-state index in [9.17, 15) is 9.90 Å². The molecule has 1 atom stereocenters. The van der Waals surface area contributed by atoms with Gasteiger partial charge < -0.3 is 5.11 Å². The molecule has 3 heteroatoms. The number of fused-ring (bicyclic) bond motifs is 1. The molecule has 1 saturated heterocycles. The lowest BCUT2D eigenvalue weighted by Crippen LogP contribution is -2.49. The van der Waals surface area contributed by atoms with Crippen LogP contribution in [0.5, 0.6) is 0 Å². The van der Waals surface area contributed by atoms with Crippen LogP contribution in [0.4, 0.5) is 0 Å². The van der Waals surface area contributed by atoms with Gasteiger partial charge in [-0.15, -0.1) is 0 Å².